The van der Waals surface area contributed by atoms with E-state index in [1.807, 2.05) is 30.3 Å². The maximum absolute atomic E-state index is 11.2. The van der Waals surface area contributed by atoms with Gasteiger partial charge in [-0.15, -0.1) is 0 Å². The number of benzene rings is 2. The lowest BCUT2D eigenvalue weighted by molar-refractivity contribution is 0.409. The van der Waals surface area contributed by atoms with E-state index in [1.54, 1.807) is 12.1 Å². The topological polar surface area (TPSA) is 90.9 Å². The Labute approximate surface area is 112 Å². The summed E-state index contributed by atoms with van der Waals surface area (Å²) in [5.41, 5.74) is 1.62. The number of hydrogen-bond acceptors (Lipinski definition) is 5. The maximum atomic E-state index is 11.2. The standard InChI is InChI=1S/C15H6N2O3/c16-7-11-10(9-4-2-1-3-5-9)6-13-14(12(11)8-17)20-15(18)19-13/h1-6H. The monoisotopic (exact) mass is 262 g/mol. The van der Waals surface area contributed by atoms with Crippen molar-refractivity contribution in [3.8, 4) is 23.3 Å². The van der Waals surface area contributed by atoms with Crippen molar-refractivity contribution in [1.29, 1.82) is 10.5 Å². The van der Waals surface area contributed by atoms with E-state index in [0.29, 0.717) is 5.56 Å². The summed E-state index contributed by atoms with van der Waals surface area (Å²) in [4.78, 5) is 11.2. The molecule has 2 aromatic carbocycles. The molecule has 0 saturated heterocycles. The Morgan fingerprint density at radius 3 is 2.30 bits per heavy atom. The minimum absolute atomic E-state index is 0.00808. The van der Waals surface area contributed by atoms with E-state index in [4.69, 9.17) is 8.83 Å². The minimum atomic E-state index is -0.898. The van der Waals surface area contributed by atoms with Gasteiger partial charge in [-0.3, -0.25) is 0 Å². The quantitative estimate of drug-likeness (QED) is 0.672. The molecule has 0 spiro atoms. The van der Waals surface area contributed by atoms with Crippen LogP contribution >= 0.6 is 0 Å². The molecule has 1 aromatic heterocycles. The molecule has 0 aliphatic heterocycles. The lowest BCUT2D eigenvalue weighted by Crippen LogP contribution is -1.90. The highest BCUT2D eigenvalue weighted by molar-refractivity contribution is 5.89. The van der Waals surface area contributed by atoms with Crippen molar-refractivity contribution in [1.82, 2.24) is 0 Å². The molecular formula is C15H6N2O3. The first kappa shape index (κ1) is 11.8. The van der Waals surface area contributed by atoms with Crippen LogP contribution in [0.25, 0.3) is 22.3 Å². The smallest absolute Gasteiger partial charge is 0.391 e. The van der Waals surface area contributed by atoms with Crippen LogP contribution in [-0.4, -0.2) is 0 Å². The lowest BCUT2D eigenvalue weighted by atomic mass is 9.96. The number of fused-ring (bicyclic) bond motifs is 1. The SMILES string of the molecule is N#Cc1c(-c2ccccc2)cc2oc(=O)oc2c1C#N. The maximum Gasteiger partial charge on any atom is 0.519 e. The van der Waals surface area contributed by atoms with Gasteiger partial charge in [-0.25, -0.2) is 4.79 Å². The van der Waals surface area contributed by atoms with Crippen LogP contribution < -0.4 is 5.82 Å². The second-order valence-corrected chi connectivity index (χ2v) is 4.05. The first-order chi connectivity index (χ1) is 9.74. The molecule has 5 nitrogen and oxygen atoms in total. The molecule has 94 valence electrons. The van der Waals surface area contributed by atoms with Crippen molar-refractivity contribution >= 4 is 11.2 Å². The molecule has 0 unspecified atom stereocenters. The number of nitriles is 2. The Bertz CT molecular complexity index is 937. The van der Waals surface area contributed by atoms with Crippen LogP contribution in [0.4, 0.5) is 0 Å². The molecular weight excluding hydrogens is 256 g/mol. The molecule has 0 aliphatic carbocycles. The third-order valence-electron chi connectivity index (χ3n) is 2.93. The number of nitrogens with zero attached hydrogens (tertiary/aromatic N) is 2. The molecule has 0 amide bonds. The van der Waals surface area contributed by atoms with Crippen LogP contribution in [0.1, 0.15) is 11.1 Å². The number of hydrogen-bond donors (Lipinski definition) is 0. The van der Waals surface area contributed by atoms with Crippen LogP contribution in [0.2, 0.25) is 0 Å². The fourth-order valence-electron chi connectivity index (χ4n) is 2.08. The van der Waals surface area contributed by atoms with Crippen LogP contribution in [0.5, 0.6) is 0 Å². The first-order valence-corrected chi connectivity index (χ1v) is 5.71. The Morgan fingerprint density at radius 1 is 0.950 bits per heavy atom. The normalized spacial score (nSPS) is 10.1. The van der Waals surface area contributed by atoms with Crippen LogP contribution in [0.3, 0.4) is 0 Å². The lowest BCUT2D eigenvalue weighted by Gasteiger charge is -2.05. The van der Waals surface area contributed by atoms with Crippen molar-refractivity contribution < 1.29 is 8.83 Å². The van der Waals surface area contributed by atoms with Gasteiger partial charge >= 0.3 is 5.82 Å². The predicted octanol–water partition coefficient (Wildman–Crippen LogP) is 2.80. The van der Waals surface area contributed by atoms with Gasteiger partial charge in [0, 0.05) is 5.56 Å². The van der Waals surface area contributed by atoms with Gasteiger partial charge in [0.05, 0.1) is 5.56 Å². The van der Waals surface area contributed by atoms with Gasteiger partial charge in [-0.1, -0.05) is 30.3 Å². The fourth-order valence-corrected chi connectivity index (χ4v) is 2.08. The van der Waals surface area contributed by atoms with Gasteiger partial charge in [0.25, 0.3) is 0 Å². The first-order valence-electron chi connectivity index (χ1n) is 5.71. The number of rotatable bonds is 1. The Kier molecular flexibility index (Phi) is 2.60. The summed E-state index contributed by atoms with van der Waals surface area (Å²) < 4.78 is 9.72. The molecule has 5 heteroatoms. The summed E-state index contributed by atoms with van der Waals surface area (Å²) in [7, 11) is 0. The Morgan fingerprint density at radius 2 is 1.65 bits per heavy atom. The van der Waals surface area contributed by atoms with E-state index in [-0.39, 0.29) is 22.3 Å². The summed E-state index contributed by atoms with van der Waals surface area (Å²) in [6.07, 6.45) is 0. The summed E-state index contributed by atoms with van der Waals surface area (Å²) in [5, 5.41) is 18.5. The van der Waals surface area contributed by atoms with Gasteiger partial charge < -0.3 is 8.83 Å². The van der Waals surface area contributed by atoms with E-state index in [1.165, 1.54) is 6.07 Å². The average molecular weight is 262 g/mol. The molecule has 3 rings (SSSR count). The molecule has 20 heavy (non-hydrogen) atoms. The zero-order valence-corrected chi connectivity index (χ0v) is 10.1. The minimum Gasteiger partial charge on any atom is -0.391 e. The molecule has 3 aromatic rings. The van der Waals surface area contributed by atoms with E-state index in [9.17, 15) is 15.3 Å². The molecule has 0 aliphatic rings. The summed E-state index contributed by atoms with van der Waals surface area (Å²) in [5.74, 6) is -0.898. The molecule has 0 N–H and O–H groups in total. The zero-order chi connectivity index (χ0) is 14.1. The van der Waals surface area contributed by atoms with Gasteiger partial charge in [-0.2, -0.15) is 10.5 Å². The highest BCUT2D eigenvalue weighted by atomic mass is 16.6. The fraction of sp³-hybridized carbons (Fsp3) is 0. The third-order valence-corrected chi connectivity index (χ3v) is 2.93. The van der Waals surface area contributed by atoms with E-state index < -0.39 is 5.82 Å². The van der Waals surface area contributed by atoms with Crippen molar-refractivity contribution in [2.45, 2.75) is 0 Å². The molecule has 0 saturated carbocycles. The van der Waals surface area contributed by atoms with Gasteiger partial charge in [0.2, 0.25) is 0 Å². The van der Waals surface area contributed by atoms with Crippen LogP contribution in [0, 0.1) is 22.7 Å². The van der Waals surface area contributed by atoms with Crippen LogP contribution in [0.15, 0.2) is 50.0 Å². The van der Waals surface area contributed by atoms with Crippen molar-refractivity contribution in [3.05, 3.63) is 58.1 Å². The highest BCUT2D eigenvalue weighted by Crippen LogP contribution is 2.31. The summed E-state index contributed by atoms with van der Waals surface area (Å²) in [6.45, 7) is 0. The summed E-state index contributed by atoms with van der Waals surface area (Å²) >= 11 is 0. The van der Waals surface area contributed by atoms with Gasteiger partial charge in [0.15, 0.2) is 11.2 Å². The van der Waals surface area contributed by atoms with Gasteiger partial charge in [0.1, 0.15) is 17.7 Å². The molecule has 0 bridgehead atoms. The summed E-state index contributed by atoms with van der Waals surface area (Å²) in [6, 6.07) is 14.5. The van der Waals surface area contributed by atoms with E-state index >= 15 is 0 Å². The van der Waals surface area contributed by atoms with E-state index in [0.717, 1.165) is 5.56 Å². The zero-order valence-electron chi connectivity index (χ0n) is 10.1. The van der Waals surface area contributed by atoms with Gasteiger partial charge in [-0.05, 0) is 11.6 Å². The largest absolute Gasteiger partial charge is 0.519 e. The van der Waals surface area contributed by atoms with Crippen molar-refractivity contribution in [3.63, 3.8) is 0 Å². The molecule has 0 atom stereocenters. The second-order valence-electron chi connectivity index (χ2n) is 4.05. The second kappa shape index (κ2) is 4.42. The Hall–Kier alpha value is -3.31. The average Bonchev–Trinajstić information content (AvgIpc) is 2.86. The third kappa shape index (κ3) is 1.66. The predicted molar refractivity (Wildman–Crippen MR) is 69.6 cm³/mol. The van der Waals surface area contributed by atoms with Crippen molar-refractivity contribution in [2.24, 2.45) is 0 Å². The van der Waals surface area contributed by atoms with E-state index in [2.05, 4.69) is 0 Å². The van der Waals surface area contributed by atoms with Crippen molar-refractivity contribution in [2.75, 3.05) is 0 Å². The Balaban J connectivity index is 2.47. The van der Waals surface area contributed by atoms with Crippen LogP contribution in [-0.2, 0) is 0 Å². The molecule has 0 radical (unpaired) electrons. The molecule has 1 heterocycles. The molecule has 0 fully saturated rings. The highest BCUT2D eigenvalue weighted by Gasteiger charge is 2.19.